The van der Waals surface area contributed by atoms with Crippen LogP contribution in [0.4, 0.5) is 0 Å². The lowest BCUT2D eigenvalue weighted by atomic mass is 9.99. The number of hydrogen-bond acceptors (Lipinski definition) is 8. The number of carboxylic acid groups (broad SMARTS) is 1. The van der Waals surface area contributed by atoms with E-state index in [1.54, 1.807) is 13.8 Å². The minimum Gasteiger partial charge on any atom is -0.508 e. The van der Waals surface area contributed by atoms with Crippen molar-refractivity contribution < 1.29 is 39.6 Å². The topological polar surface area (TPSA) is 211 Å². The molecule has 1 rings (SSSR count). The monoisotopic (exact) mass is 468 g/mol. The third-order valence-electron chi connectivity index (χ3n) is 5.13. The number of nitrogens with two attached hydrogens (primary N) is 1. The molecular weight excluding hydrogens is 436 g/mol. The predicted molar refractivity (Wildman–Crippen MR) is 117 cm³/mol. The molecule has 184 valence electrons. The van der Waals surface area contributed by atoms with Gasteiger partial charge in [0, 0.05) is 6.42 Å². The molecule has 12 heteroatoms. The van der Waals surface area contributed by atoms with E-state index in [1.165, 1.54) is 24.3 Å². The van der Waals surface area contributed by atoms with Gasteiger partial charge in [0.2, 0.25) is 17.7 Å². The van der Waals surface area contributed by atoms with Gasteiger partial charge in [-0.2, -0.15) is 0 Å². The van der Waals surface area contributed by atoms with Gasteiger partial charge in [-0.25, -0.2) is 4.79 Å². The van der Waals surface area contributed by atoms with Gasteiger partial charge in [-0.1, -0.05) is 32.4 Å². The highest BCUT2D eigenvalue weighted by Gasteiger charge is 2.31. The number of carboxylic acids is 1. The number of aromatic hydroxyl groups is 1. The minimum atomic E-state index is -1.48. The average molecular weight is 469 g/mol. The molecule has 5 atom stereocenters. The smallest absolute Gasteiger partial charge is 0.326 e. The summed E-state index contributed by atoms with van der Waals surface area (Å²) in [7, 11) is 0. The Labute approximate surface area is 191 Å². The molecular formula is C21H32N4O8. The maximum absolute atomic E-state index is 12.9. The molecule has 3 amide bonds. The van der Waals surface area contributed by atoms with Crippen LogP contribution >= 0.6 is 0 Å². The highest BCUT2D eigenvalue weighted by atomic mass is 16.4. The Kier molecular flexibility index (Phi) is 11.3. The molecule has 0 saturated heterocycles. The van der Waals surface area contributed by atoms with Crippen molar-refractivity contribution in [1.82, 2.24) is 16.0 Å². The van der Waals surface area contributed by atoms with Crippen molar-refractivity contribution in [2.45, 2.75) is 50.9 Å². The summed E-state index contributed by atoms with van der Waals surface area (Å²) in [5, 5.41) is 44.4. The number of aliphatic carboxylic acids is 1. The van der Waals surface area contributed by atoms with E-state index in [9.17, 15) is 34.5 Å². The van der Waals surface area contributed by atoms with E-state index >= 15 is 0 Å². The normalized spacial score (nSPS) is 15.4. The summed E-state index contributed by atoms with van der Waals surface area (Å²) in [6.45, 7) is 1.92. The maximum Gasteiger partial charge on any atom is 0.326 e. The third-order valence-corrected chi connectivity index (χ3v) is 5.13. The van der Waals surface area contributed by atoms with E-state index in [1.807, 2.05) is 0 Å². The summed E-state index contributed by atoms with van der Waals surface area (Å²) in [5.74, 6) is -4.22. The van der Waals surface area contributed by atoms with Gasteiger partial charge >= 0.3 is 5.97 Å². The number of benzene rings is 1. The van der Waals surface area contributed by atoms with Crippen molar-refractivity contribution in [3.8, 4) is 5.75 Å². The molecule has 0 aliphatic heterocycles. The standard InChI is InChI=1S/C21H32N4O8/c1-3-11(2)17(21(32)33)25-20(31)16(10-27)24-19(30)15(23-18(29)14(22)9-26)8-12-4-6-13(28)7-5-12/h4-7,11,14-17,26-28H,3,8-10,22H2,1-2H3,(H,23,29)(H,24,30)(H,25,31)(H,32,33). The molecule has 9 N–H and O–H groups in total. The summed E-state index contributed by atoms with van der Waals surface area (Å²) in [6, 6.07) is 0.585. The minimum absolute atomic E-state index is 0.00241. The number of carbonyl (C=O) groups excluding carboxylic acids is 3. The summed E-state index contributed by atoms with van der Waals surface area (Å²) in [6.07, 6.45) is 0.416. The number of hydrogen-bond donors (Lipinski definition) is 8. The SMILES string of the molecule is CCC(C)C(NC(=O)C(CO)NC(=O)C(Cc1ccc(O)cc1)NC(=O)C(N)CO)C(=O)O. The van der Waals surface area contributed by atoms with E-state index in [-0.39, 0.29) is 12.2 Å². The largest absolute Gasteiger partial charge is 0.508 e. The highest BCUT2D eigenvalue weighted by molar-refractivity contribution is 5.94. The van der Waals surface area contributed by atoms with Gasteiger partial charge in [-0.05, 0) is 23.6 Å². The lowest BCUT2D eigenvalue weighted by Gasteiger charge is -2.25. The van der Waals surface area contributed by atoms with Crippen LogP contribution in [0.3, 0.4) is 0 Å². The van der Waals surface area contributed by atoms with E-state index in [0.717, 1.165) is 0 Å². The summed E-state index contributed by atoms with van der Waals surface area (Å²) >= 11 is 0. The molecule has 0 aromatic heterocycles. The van der Waals surface area contributed by atoms with Crippen molar-refractivity contribution in [1.29, 1.82) is 0 Å². The number of rotatable bonds is 13. The van der Waals surface area contributed by atoms with Crippen LogP contribution in [0.2, 0.25) is 0 Å². The van der Waals surface area contributed by atoms with Crippen molar-refractivity contribution in [3.05, 3.63) is 29.8 Å². The van der Waals surface area contributed by atoms with Crippen LogP contribution in [-0.2, 0) is 25.6 Å². The maximum atomic E-state index is 12.9. The van der Waals surface area contributed by atoms with E-state index in [4.69, 9.17) is 10.8 Å². The van der Waals surface area contributed by atoms with Crippen molar-refractivity contribution in [2.75, 3.05) is 13.2 Å². The van der Waals surface area contributed by atoms with E-state index in [2.05, 4.69) is 16.0 Å². The van der Waals surface area contributed by atoms with Gasteiger partial charge in [-0.3, -0.25) is 14.4 Å². The Bertz CT molecular complexity index is 817. The fourth-order valence-electron chi connectivity index (χ4n) is 2.84. The third kappa shape index (κ3) is 8.67. The Morgan fingerprint density at radius 3 is 1.94 bits per heavy atom. The van der Waals surface area contributed by atoms with Crippen molar-refractivity contribution >= 4 is 23.7 Å². The molecule has 0 aliphatic rings. The Hall–Kier alpha value is -3.22. The van der Waals surface area contributed by atoms with Gasteiger partial charge < -0.3 is 42.1 Å². The lowest BCUT2D eigenvalue weighted by molar-refractivity contribution is -0.144. The molecule has 0 radical (unpaired) electrons. The van der Waals surface area contributed by atoms with Crippen molar-refractivity contribution in [2.24, 2.45) is 11.7 Å². The van der Waals surface area contributed by atoms with Crippen LogP contribution in [0.1, 0.15) is 25.8 Å². The van der Waals surface area contributed by atoms with Crippen LogP contribution in [0.25, 0.3) is 0 Å². The molecule has 0 spiro atoms. The zero-order valence-electron chi connectivity index (χ0n) is 18.5. The molecule has 0 bridgehead atoms. The quantitative estimate of drug-likeness (QED) is 0.158. The number of phenols is 1. The van der Waals surface area contributed by atoms with Gasteiger partial charge in [0.25, 0.3) is 0 Å². The van der Waals surface area contributed by atoms with Crippen LogP contribution in [0.15, 0.2) is 24.3 Å². The lowest BCUT2D eigenvalue weighted by Crippen LogP contribution is -2.59. The second-order valence-corrected chi connectivity index (χ2v) is 7.67. The predicted octanol–water partition coefficient (Wildman–Crippen LogP) is -2.17. The first-order valence-electron chi connectivity index (χ1n) is 10.4. The molecule has 1 aromatic carbocycles. The Morgan fingerprint density at radius 2 is 1.45 bits per heavy atom. The number of phenolic OH excluding ortho intramolecular Hbond substituents is 1. The fourth-order valence-corrected chi connectivity index (χ4v) is 2.84. The van der Waals surface area contributed by atoms with Gasteiger partial charge in [0.05, 0.1) is 13.2 Å². The number of aliphatic hydroxyl groups is 2. The van der Waals surface area contributed by atoms with Gasteiger partial charge in [0.15, 0.2) is 0 Å². The van der Waals surface area contributed by atoms with Crippen LogP contribution < -0.4 is 21.7 Å². The Balaban J connectivity index is 3.01. The average Bonchev–Trinajstić information content (AvgIpc) is 2.79. The second-order valence-electron chi connectivity index (χ2n) is 7.67. The molecule has 0 aliphatic carbocycles. The molecule has 0 saturated carbocycles. The number of carbonyl (C=O) groups is 4. The summed E-state index contributed by atoms with van der Waals surface area (Å²) in [5.41, 5.74) is 6.05. The number of aliphatic hydroxyl groups excluding tert-OH is 2. The van der Waals surface area contributed by atoms with Gasteiger partial charge in [-0.15, -0.1) is 0 Å². The first-order chi connectivity index (χ1) is 15.5. The summed E-state index contributed by atoms with van der Waals surface area (Å²) < 4.78 is 0. The van der Waals surface area contributed by atoms with Crippen LogP contribution in [0, 0.1) is 5.92 Å². The van der Waals surface area contributed by atoms with E-state index < -0.39 is 67.0 Å². The fraction of sp³-hybridized carbons (Fsp3) is 0.524. The number of amides is 3. The van der Waals surface area contributed by atoms with Crippen LogP contribution in [-0.4, -0.2) is 81.5 Å². The Morgan fingerprint density at radius 1 is 0.909 bits per heavy atom. The molecule has 5 unspecified atom stereocenters. The number of nitrogens with one attached hydrogen (secondary N) is 3. The molecule has 0 heterocycles. The van der Waals surface area contributed by atoms with Crippen LogP contribution in [0.5, 0.6) is 5.75 Å². The highest BCUT2D eigenvalue weighted by Crippen LogP contribution is 2.12. The zero-order valence-corrected chi connectivity index (χ0v) is 18.5. The molecule has 33 heavy (non-hydrogen) atoms. The molecule has 12 nitrogen and oxygen atoms in total. The summed E-state index contributed by atoms with van der Waals surface area (Å²) in [4.78, 5) is 49.0. The zero-order chi connectivity index (χ0) is 25.1. The van der Waals surface area contributed by atoms with E-state index in [0.29, 0.717) is 12.0 Å². The molecule has 0 fully saturated rings. The first kappa shape index (κ1) is 27.8. The van der Waals surface area contributed by atoms with Crippen molar-refractivity contribution in [3.63, 3.8) is 0 Å². The molecule has 1 aromatic rings. The van der Waals surface area contributed by atoms with Gasteiger partial charge in [0.1, 0.15) is 29.9 Å². The second kappa shape index (κ2) is 13.4. The first-order valence-corrected chi connectivity index (χ1v) is 10.4.